The van der Waals surface area contributed by atoms with Gasteiger partial charge in [-0.3, -0.25) is 14.5 Å². The van der Waals surface area contributed by atoms with E-state index in [9.17, 15) is 9.59 Å². The lowest BCUT2D eigenvalue weighted by molar-refractivity contribution is -0.148. The van der Waals surface area contributed by atoms with Crippen LogP contribution in [0.2, 0.25) is 0 Å². The molecule has 2 aliphatic carbocycles. The Kier molecular flexibility index (Phi) is 8.19. The molecule has 4 aliphatic rings. The Morgan fingerprint density at radius 1 is 0.841 bits per heavy atom. The van der Waals surface area contributed by atoms with Crippen molar-refractivity contribution in [3.63, 3.8) is 0 Å². The summed E-state index contributed by atoms with van der Waals surface area (Å²) in [4.78, 5) is 34.1. The van der Waals surface area contributed by atoms with Crippen molar-refractivity contribution in [2.45, 2.75) is 76.3 Å². The fraction of sp³-hybridized carbons (Fsp3) is 0.474. The highest BCUT2D eigenvalue weighted by molar-refractivity contribution is 6.00. The van der Waals surface area contributed by atoms with E-state index < -0.39 is 5.41 Å². The molecule has 44 heavy (non-hydrogen) atoms. The highest BCUT2D eigenvalue weighted by Gasteiger charge is 2.49. The standard InChI is InChI=1S/C38H45N3O3/c1-2-44-37(43)38(34-16-8-6-14-31(34)32-15-7-9-17-35(32)38)20-10-11-21-39-22-24-40(25-23-39)30-19-18-28-27-41(36(42)33(28)26-30)29-12-4-3-5-13-29/h6-9,14-19,26,29H,2-5,10-13,20-25,27H2,1H3. The van der Waals surface area contributed by atoms with Gasteiger partial charge in [-0.2, -0.15) is 0 Å². The molecule has 0 aromatic heterocycles. The van der Waals surface area contributed by atoms with E-state index in [4.69, 9.17) is 4.74 Å². The van der Waals surface area contributed by atoms with Gasteiger partial charge in [0, 0.05) is 50.0 Å². The van der Waals surface area contributed by atoms with Crippen LogP contribution in [0.15, 0.2) is 66.7 Å². The summed E-state index contributed by atoms with van der Waals surface area (Å²) in [5, 5.41) is 0. The lowest BCUT2D eigenvalue weighted by atomic mass is 9.74. The molecule has 1 amide bonds. The number of hydrogen-bond donors (Lipinski definition) is 0. The van der Waals surface area contributed by atoms with Gasteiger partial charge in [0.1, 0.15) is 5.41 Å². The Morgan fingerprint density at radius 2 is 1.52 bits per heavy atom. The topological polar surface area (TPSA) is 53.1 Å². The van der Waals surface area contributed by atoms with Crippen LogP contribution in [0, 0.1) is 0 Å². The van der Waals surface area contributed by atoms with Crippen LogP contribution in [-0.4, -0.2) is 67.0 Å². The number of anilines is 1. The fourth-order valence-corrected chi connectivity index (χ4v) is 8.32. The zero-order valence-electron chi connectivity index (χ0n) is 26.1. The van der Waals surface area contributed by atoms with E-state index in [0.29, 0.717) is 12.6 Å². The zero-order chi connectivity index (χ0) is 30.1. The van der Waals surface area contributed by atoms with Gasteiger partial charge in [-0.1, -0.05) is 80.3 Å². The lowest BCUT2D eigenvalue weighted by Crippen LogP contribution is -2.46. The predicted molar refractivity (Wildman–Crippen MR) is 175 cm³/mol. The van der Waals surface area contributed by atoms with Gasteiger partial charge in [0.05, 0.1) is 6.61 Å². The number of amides is 1. The predicted octanol–water partition coefficient (Wildman–Crippen LogP) is 6.80. The third-order valence-electron chi connectivity index (χ3n) is 10.6. The number of unbranched alkanes of at least 4 members (excludes halogenated alkanes) is 1. The fourth-order valence-electron chi connectivity index (χ4n) is 8.32. The molecular formula is C38H45N3O3. The molecule has 1 saturated carbocycles. The van der Waals surface area contributed by atoms with Gasteiger partial charge in [-0.05, 0) is 79.1 Å². The average molecular weight is 592 g/mol. The maximum absolute atomic E-state index is 13.7. The average Bonchev–Trinajstić information content (AvgIpc) is 3.56. The summed E-state index contributed by atoms with van der Waals surface area (Å²) in [6.45, 7) is 8.02. The number of hydrogen-bond acceptors (Lipinski definition) is 5. The Bertz CT molecular complexity index is 1470. The van der Waals surface area contributed by atoms with E-state index >= 15 is 0 Å². The van der Waals surface area contributed by atoms with E-state index in [1.54, 1.807) is 0 Å². The van der Waals surface area contributed by atoms with Crippen LogP contribution >= 0.6 is 0 Å². The summed E-state index contributed by atoms with van der Waals surface area (Å²) in [5.74, 6) is 0.112. The number of carbonyl (C=O) groups excluding carboxylic acids is 2. The maximum atomic E-state index is 13.7. The molecule has 7 rings (SSSR count). The maximum Gasteiger partial charge on any atom is 0.321 e. The third-order valence-corrected chi connectivity index (χ3v) is 10.6. The van der Waals surface area contributed by atoms with E-state index in [1.165, 1.54) is 30.5 Å². The number of fused-ring (bicyclic) bond motifs is 4. The van der Waals surface area contributed by atoms with Crippen molar-refractivity contribution in [3.05, 3.63) is 89.0 Å². The van der Waals surface area contributed by atoms with Gasteiger partial charge in [0.25, 0.3) is 5.91 Å². The molecular weight excluding hydrogens is 546 g/mol. The van der Waals surface area contributed by atoms with Crippen molar-refractivity contribution >= 4 is 17.6 Å². The first-order chi connectivity index (χ1) is 21.6. The summed E-state index contributed by atoms with van der Waals surface area (Å²) in [7, 11) is 0. The van der Waals surface area contributed by atoms with Gasteiger partial charge < -0.3 is 14.5 Å². The zero-order valence-corrected chi connectivity index (χ0v) is 26.1. The molecule has 6 nitrogen and oxygen atoms in total. The summed E-state index contributed by atoms with van der Waals surface area (Å²) in [5.41, 5.74) is 7.03. The molecule has 0 spiro atoms. The second-order valence-corrected chi connectivity index (χ2v) is 13.1. The van der Waals surface area contributed by atoms with Crippen LogP contribution < -0.4 is 4.90 Å². The molecule has 2 fully saturated rings. The van der Waals surface area contributed by atoms with E-state index in [2.05, 4.69) is 69.3 Å². The minimum Gasteiger partial charge on any atom is -0.465 e. The van der Waals surface area contributed by atoms with Crippen molar-refractivity contribution in [2.24, 2.45) is 0 Å². The van der Waals surface area contributed by atoms with Gasteiger partial charge in [-0.25, -0.2) is 0 Å². The normalized spacial score (nSPS) is 19.5. The van der Waals surface area contributed by atoms with Crippen LogP contribution in [0.4, 0.5) is 5.69 Å². The van der Waals surface area contributed by atoms with Gasteiger partial charge >= 0.3 is 5.97 Å². The number of rotatable bonds is 9. The Morgan fingerprint density at radius 3 is 2.20 bits per heavy atom. The number of carbonyl (C=O) groups is 2. The lowest BCUT2D eigenvalue weighted by Gasteiger charge is -2.36. The Labute approximate surface area is 262 Å². The summed E-state index contributed by atoms with van der Waals surface area (Å²) < 4.78 is 5.74. The molecule has 6 heteroatoms. The first-order valence-corrected chi connectivity index (χ1v) is 16.9. The molecule has 0 atom stereocenters. The van der Waals surface area contributed by atoms with Crippen LogP contribution in [-0.2, 0) is 21.5 Å². The molecule has 3 aromatic carbocycles. The van der Waals surface area contributed by atoms with Gasteiger partial charge in [0.2, 0.25) is 0 Å². The summed E-state index contributed by atoms with van der Waals surface area (Å²) in [6.07, 6.45) is 8.84. The van der Waals surface area contributed by atoms with Gasteiger partial charge in [-0.15, -0.1) is 0 Å². The minimum absolute atomic E-state index is 0.124. The minimum atomic E-state index is -0.737. The second kappa shape index (κ2) is 12.4. The Balaban J connectivity index is 0.958. The molecule has 2 heterocycles. The van der Waals surface area contributed by atoms with Crippen molar-refractivity contribution in [1.29, 1.82) is 0 Å². The van der Waals surface area contributed by atoms with E-state index in [1.807, 2.05) is 19.1 Å². The van der Waals surface area contributed by atoms with Crippen LogP contribution in [0.25, 0.3) is 11.1 Å². The number of piperazine rings is 1. The van der Waals surface area contributed by atoms with E-state index in [0.717, 1.165) is 99.2 Å². The SMILES string of the molecule is CCOC(=O)C1(CCCCN2CCN(c3ccc4c(c3)C(=O)N(C3CCCCC3)C4)CC2)c2ccccc2-c2ccccc21. The molecule has 0 radical (unpaired) electrons. The quantitative estimate of drug-likeness (QED) is 0.202. The molecule has 0 N–H and O–H groups in total. The number of nitrogens with zero attached hydrogens (tertiary/aromatic N) is 3. The van der Waals surface area contributed by atoms with Crippen molar-refractivity contribution in [1.82, 2.24) is 9.80 Å². The number of benzene rings is 3. The van der Waals surface area contributed by atoms with Crippen molar-refractivity contribution in [3.8, 4) is 11.1 Å². The van der Waals surface area contributed by atoms with Gasteiger partial charge in [0.15, 0.2) is 0 Å². The number of esters is 1. The highest BCUT2D eigenvalue weighted by Crippen LogP contribution is 2.52. The molecule has 2 aliphatic heterocycles. The van der Waals surface area contributed by atoms with Crippen molar-refractivity contribution < 1.29 is 14.3 Å². The smallest absolute Gasteiger partial charge is 0.321 e. The first-order valence-electron chi connectivity index (χ1n) is 16.9. The molecule has 0 bridgehead atoms. The molecule has 0 unspecified atom stereocenters. The summed E-state index contributed by atoms with van der Waals surface area (Å²) >= 11 is 0. The van der Waals surface area contributed by atoms with Crippen LogP contribution in [0.5, 0.6) is 0 Å². The molecule has 230 valence electrons. The van der Waals surface area contributed by atoms with Crippen LogP contribution in [0.1, 0.15) is 85.3 Å². The summed E-state index contributed by atoms with van der Waals surface area (Å²) in [6, 6.07) is 23.7. The molecule has 1 saturated heterocycles. The van der Waals surface area contributed by atoms with Crippen molar-refractivity contribution in [2.75, 3.05) is 44.2 Å². The largest absolute Gasteiger partial charge is 0.465 e. The second-order valence-electron chi connectivity index (χ2n) is 13.1. The highest BCUT2D eigenvalue weighted by atomic mass is 16.5. The van der Waals surface area contributed by atoms with Crippen LogP contribution in [0.3, 0.4) is 0 Å². The monoisotopic (exact) mass is 591 g/mol. The number of ether oxygens (including phenoxy) is 1. The third kappa shape index (κ3) is 5.11. The molecule has 3 aromatic rings. The van der Waals surface area contributed by atoms with E-state index in [-0.39, 0.29) is 11.9 Å². The Hall–Kier alpha value is -3.64. The first kappa shape index (κ1) is 29.1.